The maximum atomic E-state index is 12.0. The predicted molar refractivity (Wildman–Crippen MR) is 89.7 cm³/mol. The van der Waals surface area contributed by atoms with E-state index in [0.717, 1.165) is 11.1 Å². The molecule has 0 aliphatic rings. The molecule has 122 valence electrons. The average Bonchev–Trinajstić information content (AvgIpc) is 2.57. The van der Waals surface area contributed by atoms with E-state index in [0.29, 0.717) is 6.54 Å². The highest BCUT2D eigenvalue weighted by atomic mass is 16.5. The monoisotopic (exact) mass is 313 g/mol. The number of carbonyl (C=O) groups excluding carboxylic acids is 1. The summed E-state index contributed by atoms with van der Waals surface area (Å²) in [4.78, 5) is 14.0. The standard InChI is InChI=1S/C19H23NO3/c1-3-23-19(22)18(21)17(16-12-8-5-9-13-16)20(2)14-15-10-6-4-7-11-15/h4-13,17-18,21H,3,14H2,1-2H3/t17-,18-/m1/s1. The van der Waals surface area contributed by atoms with E-state index in [-0.39, 0.29) is 6.61 Å². The number of aliphatic hydroxyl groups excluding tert-OH is 1. The second kappa shape index (κ2) is 8.46. The van der Waals surface area contributed by atoms with Crippen LogP contribution < -0.4 is 0 Å². The van der Waals surface area contributed by atoms with E-state index in [1.54, 1.807) is 6.92 Å². The van der Waals surface area contributed by atoms with Crippen LogP contribution in [0.25, 0.3) is 0 Å². The molecule has 0 amide bonds. The van der Waals surface area contributed by atoms with Crippen LogP contribution in [0, 0.1) is 0 Å². The van der Waals surface area contributed by atoms with Crippen LogP contribution >= 0.6 is 0 Å². The Morgan fingerprint density at radius 1 is 1.09 bits per heavy atom. The fraction of sp³-hybridized carbons (Fsp3) is 0.316. The Hall–Kier alpha value is -2.17. The van der Waals surface area contributed by atoms with Gasteiger partial charge >= 0.3 is 5.97 Å². The molecule has 0 radical (unpaired) electrons. The van der Waals surface area contributed by atoms with Crippen molar-refractivity contribution in [2.75, 3.05) is 13.7 Å². The van der Waals surface area contributed by atoms with Crippen LogP contribution in [0.5, 0.6) is 0 Å². The Labute approximate surface area is 137 Å². The molecule has 2 aromatic rings. The summed E-state index contributed by atoms with van der Waals surface area (Å²) in [5, 5.41) is 10.5. The van der Waals surface area contributed by atoms with Gasteiger partial charge in [-0.3, -0.25) is 4.90 Å². The highest BCUT2D eigenvalue weighted by Crippen LogP contribution is 2.25. The first kappa shape index (κ1) is 17.2. The first-order chi connectivity index (χ1) is 11.1. The van der Waals surface area contributed by atoms with Gasteiger partial charge in [0.25, 0.3) is 0 Å². The third kappa shape index (κ3) is 4.65. The number of esters is 1. The van der Waals surface area contributed by atoms with Gasteiger partial charge in [0.1, 0.15) is 0 Å². The van der Waals surface area contributed by atoms with Gasteiger partial charge in [-0.15, -0.1) is 0 Å². The summed E-state index contributed by atoms with van der Waals surface area (Å²) in [7, 11) is 1.90. The molecule has 0 saturated carbocycles. The van der Waals surface area contributed by atoms with Crippen molar-refractivity contribution in [1.82, 2.24) is 4.90 Å². The van der Waals surface area contributed by atoms with E-state index in [2.05, 4.69) is 0 Å². The minimum absolute atomic E-state index is 0.250. The Morgan fingerprint density at radius 2 is 1.65 bits per heavy atom. The second-order valence-electron chi connectivity index (χ2n) is 5.45. The van der Waals surface area contributed by atoms with Gasteiger partial charge in [0.15, 0.2) is 6.10 Å². The first-order valence-corrected chi connectivity index (χ1v) is 7.77. The molecular weight excluding hydrogens is 290 g/mol. The van der Waals surface area contributed by atoms with Gasteiger partial charge in [0.2, 0.25) is 0 Å². The summed E-state index contributed by atoms with van der Waals surface area (Å²) in [6.45, 7) is 2.60. The molecule has 4 nitrogen and oxygen atoms in total. The Kier molecular flexibility index (Phi) is 6.32. The molecule has 4 heteroatoms. The lowest BCUT2D eigenvalue weighted by Crippen LogP contribution is -2.39. The largest absolute Gasteiger partial charge is 0.464 e. The lowest BCUT2D eigenvalue weighted by atomic mass is 9.99. The zero-order valence-electron chi connectivity index (χ0n) is 13.6. The maximum Gasteiger partial charge on any atom is 0.336 e. The van der Waals surface area contributed by atoms with Gasteiger partial charge in [0, 0.05) is 6.54 Å². The van der Waals surface area contributed by atoms with Gasteiger partial charge in [0.05, 0.1) is 12.6 Å². The molecular formula is C19H23NO3. The van der Waals surface area contributed by atoms with Crippen LogP contribution in [0.2, 0.25) is 0 Å². The van der Waals surface area contributed by atoms with Crippen molar-refractivity contribution in [3.05, 3.63) is 71.8 Å². The minimum atomic E-state index is -1.23. The molecule has 0 aliphatic carbocycles. The van der Waals surface area contributed by atoms with E-state index in [1.165, 1.54) is 0 Å². The van der Waals surface area contributed by atoms with Crippen molar-refractivity contribution in [2.24, 2.45) is 0 Å². The molecule has 0 spiro atoms. The van der Waals surface area contributed by atoms with Crippen LogP contribution in [-0.2, 0) is 16.1 Å². The van der Waals surface area contributed by atoms with Crippen LogP contribution in [0.4, 0.5) is 0 Å². The highest BCUT2D eigenvalue weighted by Gasteiger charge is 2.31. The summed E-state index contributed by atoms with van der Waals surface area (Å²) < 4.78 is 4.99. The highest BCUT2D eigenvalue weighted by molar-refractivity contribution is 5.75. The zero-order chi connectivity index (χ0) is 16.7. The van der Waals surface area contributed by atoms with E-state index < -0.39 is 18.1 Å². The number of aliphatic hydroxyl groups is 1. The number of likely N-dealkylation sites (N-methyl/N-ethyl adjacent to an activating group) is 1. The molecule has 0 aromatic heterocycles. The first-order valence-electron chi connectivity index (χ1n) is 7.77. The van der Waals surface area contributed by atoms with Crippen LogP contribution in [-0.4, -0.2) is 35.7 Å². The summed E-state index contributed by atoms with van der Waals surface area (Å²) >= 11 is 0. The number of ether oxygens (including phenoxy) is 1. The van der Waals surface area contributed by atoms with Gasteiger partial charge in [-0.2, -0.15) is 0 Å². The lowest BCUT2D eigenvalue weighted by molar-refractivity contribution is -0.157. The van der Waals surface area contributed by atoms with Crippen molar-refractivity contribution in [3.63, 3.8) is 0 Å². The number of benzene rings is 2. The normalized spacial score (nSPS) is 13.6. The van der Waals surface area contributed by atoms with Gasteiger partial charge in [-0.05, 0) is 25.1 Å². The molecule has 2 aromatic carbocycles. The zero-order valence-corrected chi connectivity index (χ0v) is 13.6. The summed E-state index contributed by atoms with van der Waals surface area (Å²) in [6, 6.07) is 19.0. The number of nitrogens with zero attached hydrogens (tertiary/aromatic N) is 1. The van der Waals surface area contributed by atoms with Gasteiger partial charge in [-0.25, -0.2) is 4.79 Å². The minimum Gasteiger partial charge on any atom is -0.464 e. The number of rotatable bonds is 7. The number of hydrogen-bond acceptors (Lipinski definition) is 4. The third-order valence-corrected chi connectivity index (χ3v) is 3.72. The quantitative estimate of drug-likeness (QED) is 0.799. The lowest BCUT2D eigenvalue weighted by Gasteiger charge is -2.31. The van der Waals surface area contributed by atoms with Crippen molar-refractivity contribution in [1.29, 1.82) is 0 Å². The fourth-order valence-corrected chi connectivity index (χ4v) is 2.65. The summed E-state index contributed by atoms with van der Waals surface area (Å²) in [5.74, 6) is -0.596. The van der Waals surface area contributed by atoms with E-state index in [4.69, 9.17) is 4.74 Å². The van der Waals surface area contributed by atoms with Crippen molar-refractivity contribution in [3.8, 4) is 0 Å². The molecule has 2 atom stereocenters. The van der Waals surface area contributed by atoms with Crippen molar-refractivity contribution in [2.45, 2.75) is 25.6 Å². The average molecular weight is 313 g/mol. The topological polar surface area (TPSA) is 49.8 Å². The molecule has 2 rings (SSSR count). The van der Waals surface area contributed by atoms with Crippen LogP contribution in [0.15, 0.2) is 60.7 Å². The van der Waals surface area contributed by atoms with Crippen LogP contribution in [0.1, 0.15) is 24.1 Å². The number of hydrogen-bond donors (Lipinski definition) is 1. The third-order valence-electron chi connectivity index (χ3n) is 3.72. The fourth-order valence-electron chi connectivity index (χ4n) is 2.65. The van der Waals surface area contributed by atoms with Crippen molar-refractivity contribution < 1.29 is 14.6 Å². The van der Waals surface area contributed by atoms with E-state index >= 15 is 0 Å². The summed E-state index contributed by atoms with van der Waals surface area (Å²) in [6.07, 6.45) is -1.23. The summed E-state index contributed by atoms with van der Waals surface area (Å²) in [5.41, 5.74) is 2.00. The number of carbonyl (C=O) groups is 1. The molecule has 0 aliphatic heterocycles. The van der Waals surface area contributed by atoms with Crippen molar-refractivity contribution >= 4 is 5.97 Å². The smallest absolute Gasteiger partial charge is 0.336 e. The van der Waals surface area contributed by atoms with Gasteiger partial charge < -0.3 is 9.84 Å². The Balaban J connectivity index is 2.24. The molecule has 0 saturated heterocycles. The predicted octanol–water partition coefficient (Wildman–Crippen LogP) is 2.78. The SMILES string of the molecule is CCOC(=O)[C@H](O)[C@@H](c1ccccc1)N(C)Cc1ccccc1. The maximum absolute atomic E-state index is 12.0. The van der Waals surface area contributed by atoms with Crippen LogP contribution in [0.3, 0.4) is 0 Å². The molecule has 0 bridgehead atoms. The molecule has 0 unspecified atom stereocenters. The molecule has 0 fully saturated rings. The molecule has 23 heavy (non-hydrogen) atoms. The Morgan fingerprint density at radius 3 is 2.22 bits per heavy atom. The van der Waals surface area contributed by atoms with Gasteiger partial charge in [-0.1, -0.05) is 60.7 Å². The molecule has 1 N–H and O–H groups in total. The van der Waals surface area contributed by atoms with E-state index in [1.807, 2.05) is 72.6 Å². The second-order valence-corrected chi connectivity index (χ2v) is 5.45. The molecule has 0 heterocycles. The Bertz CT molecular complexity index is 601. The van der Waals surface area contributed by atoms with E-state index in [9.17, 15) is 9.90 Å².